The number of hydrogen-bond acceptors (Lipinski definition) is 6. The first-order valence-corrected chi connectivity index (χ1v) is 8.30. The summed E-state index contributed by atoms with van der Waals surface area (Å²) in [5.74, 6) is 1.22. The standard InChI is InChI=1S/C18H22FN5O2/c1-18(2,11-25)15(16-20-8-9-24(16)3)21-10-14-22-23-17(26-14)12-4-6-13(19)7-5-12/h4-9,15,21,25H,10-11H2,1-3H3. The molecule has 0 spiro atoms. The number of rotatable bonds is 7. The molecule has 8 heteroatoms. The van der Waals surface area contributed by atoms with E-state index in [0.29, 0.717) is 23.9 Å². The van der Waals surface area contributed by atoms with Crippen molar-refractivity contribution >= 4 is 0 Å². The first-order chi connectivity index (χ1) is 12.4. The first kappa shape index (κ1) is 18.2. The van der Waals surface area contributed by atoms with Crippen LogP contribution in [0.2, 0.25) is 0 Å². The van der Waals surface area contributed by atoms with Crippen LogP contribution in [0.5, 0.6) is 0 Å². The zero-order valence-electron chi connectivity index (χ0n) is 15.0. The summed E-state index contributed by atoms with van der Waals surface area (Å²) in [5.41, 5.74) is 0.209. The fourth-order valence-corrected chi connectivity index (χ4v) is 2.69. The molecular formula is C18H22FN5O2. The maximum Gasteiger partial charge on any atom is 0.247 e. The number of aryl methyl sites for hydroxylation is 1. The molecule has 0 fully saturated rings. The predicted molar refractivity (Wildman–Crippen MR) is 93.3 cm³/mol. The highest BCUT2D eigenvalue weighted by Gasteiger charge is 2.33. The minimum atomic E-state index is -0.446. The Hall–Kier alpha value is -2.58. The van der Waals surface area contributed by atoms with E-state index in [9.17, 15) is 9.50 Å². The van der Waals surface area contributed by atoms with E-state index in [1.807, 2.05) is 31.7 Å². The number of benzene rings is 1. The molecule has 2 aromatic heterocycles. The van der Waals surface area contributed by atoms with Gasteiger partial charge >= 0.3 is 0 Å². The summed E-state index contributed by atoms with van der Waals surface area (Å²) in [6.07, 6.45) is 3.58. The molecule has 2 heterocycles. The highest BCUT2D eigenvalue weighted by atomic mass is 19.1. The summed E-state index contributed by atoms with van der Waals surface area (Å²) in [6.45, 7) is 4.21. The Morgan fingerprint density at radius 2 is 2.00 bits per heavy atom. The van der Waals surface area contributed by atoms with E-state index in [1.54, 1.807) is 18.3 Å². The fourth-order valence-electron chi connectivity index (χ4n) is 2.69. The van der Waals surface area contributed by atoms with Crippen molar-refractivity contribution in [1.82, 2.24) is 25.1 Å². The molecule has 0 saturated carbocycles. The SMILES string of the molecule is Cn1ccnc1C(NCc1nnc(-c2ccc(F)cc2)o1)C(C)(C)CO. The topological polar surface area (TPSA) is 89.0 Å². The molecule has 0 bridgehead atoms. The molecule has 3 rings (SSSR count). The third-order valence-corrected chi connectivity index (χ3v) is 4.32. The lowest BCUT2D eigenvalue weighted by Crippen LogP contribution is -2.38. The van der Waals surface area contributed by atoms with E-state index in [-0.39, 0.29) is 18.5 Å². The highest BCUT2D eigenvalue weighted by Crippen LogP contribution is 2.32. The maximum atomic E-state index is 13.0. The van der Waals surface area contributed by atoms with Crippen molar-refractivity contribution in [2.24, 2.45) is 12.5 Å². The molecule has 2 N–H and O–H groups in total. The summed E-state index contributed by atoms with van der Waals surface area (Å²) in [4.78, 5) is 4.39. The lowest BCUT2D eigenvalue weighted by atomic mass is 9.84. The van der Waals surface area contributed by atoms with Gasteiger partial charge in [-0.1, -0.05) is 13.8 Å². The normalized spacial score (nSPS) is 13.1. The number of imidazole rings is 1. The van der Waals surface area contributed by atoms with Crippen LogP contribution in [-0.2, 0) is 13.6 Å². The monoisotopic (exact) mass is 359 g/mol. The molecule has 0 radical (unpaired) electrons. The zero-order valence-corrected chi connectivity index (χ0v) is 15.0. The minimum Gasteiger partial charge on any atom is -0.419 e. The van der Waals surface area contributed by atoms with E-state index >= 15 is 0 Å². The summed E-state index contributed by atoms with van der Waals surface area (Å²) >= 11 is 0. The molecule has 26 heavy (non-hydrogen) atoms. The fraction of sp³-hybridized carbons (Fsp3) is 0.389. The second-order valence-corrected chi connectivity index (χ2v) is 6.86. The molecule has 1 unspecified atom stereocenters. The lowest BCUT2D eigenvalue weighted by Gasteiger charge is -2.32. The smallest absolute Gasteiger partial charge is 0.247 e. The zero-order chi connectivity index (χ0) is 18.7. The van der Waals surface area contributed by atoms with E-state index in [1.165, 1.54) is 12.1 Å². The van der Waals surface area contributed by atoms with Crippen molar-refractivity contribution in [3.63, 3.8) is 0 Å². The summed E-state index contributed by atoms with van der Waals surface area (Å²) < 4.78 is 20.6. The van der Waals surface area contributed by atoms with E-state index < -0.39 is 5.41 Å². The Balaban J connectivity index is 1.76. The van der Waals surface area contributed by atoms with E-state index in [0.717, 1.165) is 5.82 Å². The number of aliphatic hydroxyl groups is 1. The molecule has 7 nitrogen and oxygen atoms in total. The largest absolute Gasteiger partial charge is 0.419 e. The summed E-state index contributed by atoms with van der Waals surface area (Å²) in [5, 5.41) is 21.2. The van der Waals surface area contributed by atoms with Crippen molar-refractivity contribution in [3.8, 4) is 11.5 Å². The number of hydrogen-bond donors (Lipinski definition) is 2. The number of nitrogens with zero attached hydrogens (tertiary/aromatic N) is 4. The average molecular weight is 359 g/mol. The second-order valence-electron chi connectivity index (χ2n) is 6.86. The van der Waals surface area contributed by atoms with Gasteiger partial charge in [-0.3, -0.25) is 5.32 Å². The van der Waals surface area contributed by atoms with Gasteiger partial charge in [-0.2, -0.15) is 0 Å². The molecular weight excluding hydrogens is 337 g/mol. The van der Waals surface area contributed by atoms with Crippen molar-refractivity contribution in [2.75, 3.05) is 6.61 Å². The number of aromatic nitrogens is 4. The van der Waals surface area contributed by atoms with Gasteiger partial charge in [0, 0.05) is 30.4 Å². The van der Waals surface area contributed by atoms with Crippen LogP contribution in [0.1, 0.15) is 31.6 Å². The molecule has 138 valence electrons. The van der Waals surface area contributed by atoms with E-state index in [4.69, 9.17) is 4.42 Å². The predicted octanol–water partition coefficient (Wildman–Crippen LogP) is 2.46. The Labute approximate surface area is 150 Å². The van der Waals surface area contributed by atoms with Crippen molar-refractivity contribution < 1.29 is 13.9 Å². The van der Waals surface area contributed by atoms with Crippen molar-refractivity contribution in [2.45, 2.75) is 26.4 Å². The molecule has 0 amide bonds. The van der Waals surface area contributed by atoms with Gasteiger partial charge in [-0.25, -0.2) is 9.37 Å². The quantitative estimate of drug-likeness (QED) is 0.674. The Morgan fingerprint density at radius 1 is 1.27 bits per heavy atom. The first-order valence-electron chi connectivity index (χ1n) is 8.30. The Bertz CT molecular complexity index is 857. The third kappa shape index (κ3) is 3.81. The van der Waals surface area contributed by atoms with E-state index in [2.05, 4.69) is 20.5 Å². The average Bonchev–Trinajstić information content (AvgIpc) is 3.25. The Morgan fingerprint density at radius 3 is 2.62 bits per heavy atom. The van der Waals surface area contributed by atoms with Crippen LogP contribution in [0.15, 0.2) is 41.1 Å². The molecule has 0 aliphatic heterocycles. The maximum absolute atomic E-state index is 13.0. The molecule has 1 aromatic carbocycles. The molecule has 0 aliphatic carbocycles. The van der Waals surface area contributed by atoms with Gasteiger partial charge in [0.05, 0.1) is 19.2 Å². The number of nitrogens with one attached hydrogen (secondary N) is 1. The van der Waals surface area contributed by atoms with Crippen LogP contribution in [-0.4, -0.2) is 31.5 Å². The van der Waals surface area contributed by atoms with Gasteiger partial charge in [-0.15, -0.1) is 10.2 Å². The van der Waals surface area contributed by atoms with Gasteiger partial charge in [0.25, 0.3) is 0 Å². The van der Waals surface area contributed by atoms with Crippen LogP contribution in [0.3, 0.4) is 0 Å². The van der Waals surface area contributed by atoms with Crippen molar-refractivity contribution in [3.05, 3.63) is 54.2 Å². The molecule has 0 aliphatic rings. The van der Waals surface area contributed by atoms with Gasteiger partial charge in [0.15, 0.2) is 0 Å². The van der Waals surface area contributed by atoms with Gasteiger partial charge in [-0.05, 0) is 24.3 Å². The summed E-state index contributed by atoms with van der Waals surface area (Å²) in [6, 6.07) is 5.65. The Kier molecular flexibility index (Phi) is 5.15. The van der Waals surface area contributed by atoms with Crippen molar-refractivity contribution in [1.29, 1.82) is 0 Å². The van der Waals surface area contributed by atoms with Crippen LogP contribution in [0.4, 0.5) is 4.39 Å². The molecule has 1 atom stereocenters. The molecule has 0 saturated heterocycles. The van der Waals surface area contributed by atoms with Crippen LogP contribution < -0.4 is 5.32 Å². The van der Waals surface area contributed by atoms with Gasteiger partial charge < -0.3 is 14.1 Å². The summed E-state index contributed by atoms with van der Waals surface area (Å²) in [7, 11) is 1.91. The van der Waals surface area contributed by atoms with Gasteiger partial charge in [0.2, 0.25) is 11.8 Å². The minimum absolute atomic E-state index is 0.0117. The van der Waals surface area contributed by atoms with Crippen LogP contribution in [0, 0.1) is 11.2 Å². The second kappa shape index (κ2) is 7.35. The molecule has 3 aromatic rings. The lowest BCUT2D eigenvalue weighted by molar-refractivity contribution is 0.108. The van der Waals surface area contributed by atoms with Crippen LogP contribution >= 0.6 is 0 Å². The van der Waals surface area contributed by atoms with Crippen LogP contribution in [0.25, 0.3) is 11.5 Å². The highest BCUT2D eigenvalue weighted by molar-refractivity contribution is 5.51. The third-order valence-electron chi connectivity index (χ3n) is 4.32. The number of halogens is 1. The van der Waals surface area contributed by atoms with Gasteiger partial charge in [0.1, 0.15) is 11.6 Å². The number of aliphatic hydroxyl groups excluding tert-OH is 1.